The Balaban J connectivity index is 1.26. The van der Waals surface area contributed by atoms with Gasteiger partial charge in [0, 0.05) is 70.4 Å². The van der Waals surface area contributed by atoms with Crippen LogP contribution in [0.3, 0.4) is 0 Å². The number of morpholine rings is 1. The molecule has 3 heterocycles. The lowest BCUT2D eigenvalue weighted by Gasteiger charge is -2.39. The van der Waals surface area contributed by atoms with Gasteiger partial charge in [-0.1, -0.05) is 30.3 Å². The molecule has 0 aromatic heterocycles. The molecule has 2 N–H and O–H groups in total. The zero-order valence-corrected chi connectivity index (χ0v) is 19.8. The van der Waals surface area contributed by atoms with Crippen LogP contribution in [0.5, 0.6) is 0 Å². The number of aliphatic imine (C=N–C) groups is 1. The van der Waals surface area contributed by atoms with E-state index in [-0.39, 0.29) is 0 Å². The molecule has 4 rings (SSSR count). The number of hydrogen-bond acceptors (Lipinski definition) is 5. The summed E-state index contributed by atoms with van der Waals surface area (Å²) in [4.78, 5) is 9.72. The van der Waals surface area contributed by atoms with E-state index in [1.54, 1.807) is 0 Å². The van der Waals surface area contributed by atoms with Crippen molar-refractivity contribution >= 4 is 5.96 Å². The third-order valence-electron chi connectivity index (χ3n) is 7.31. The Morgan fingerprint density at radius 1 is 1.09 bits per heavy atom. The smallest absolute Gasteiger partial charge is 0.191 e. The average molecular weight is 444 g/mol. The first kappa shape index (κ1) is 23.5. The molecule has 178 valence electrons. The summed E-state index contributed by atoms with van der Waals surface area (Å²) in [5.74, 6) is 1.51. The molecule has 0 radical (unpaired) electrons. The second-order valence-electron chi connectivity index (χ2n) is 9.46. The highest BCUT2D eigenvalue weighted by molar-refractivity contribution is 5.80. The van der Waals surface area contributed by atoms with E-state index < -0.39 is 0 Å². The summed E-state index contributed by atoms with van der Waals surface area (Å²) in [6.45, 7) is 10.8. The summed E-state index contributed by atoms with van der Waals surface area (Å²) < 4.78 is 11.3. The number of nitrogens with zero attached hydrogens (tertiary/aromatic N) is 3. The second kappa shape index (κ2) is 12.0. The lowest BCUT2D eigenvalue weighted by molar-refractivity contribution is 0.00244. The van der Waals surface area contributed by atoms with Crippen molar-refractivity contribution in [3.05, 3.63) is 35.9 Å². The molecule has 0 bridgehead atoms. The molecule has 4 atom stereocenters. The molecule has 32 heavy (non-hydrogen) atoms. The molecule has 3 saturated heterocycles. The Morgan fingerprint density at radius 3 is 2.59 bits per heavy atom. The van der Waals surface area contributed by atoms with E-state index in [1.807, 2.05) is 7.05 Å². The average Bonchev–Trinajstić information content (AvgIpc) is 3.36. The minimum Gasteiger partial charge on any atom is -0.381 e. The summed E-state index contributed by atoms with van der Waals surface area (Å²) in [5, 5.41) is 7.35. The number of benzene rings is 1. The van der Waals surface area contributed by atoms with Gasteiger partial charge in [-0.25, -0.2) is 0 Å². The number of likely N-dealkylation sites (tertiary alicyclic amines) is 1. The Labute approximate surface area is 193 Å². The molecule has 3 aliphatic rings. The second-order valence-corrected chi connectivity index (χ2v) is 9.46. The maximum Gasteiger partial charge on any atom is 0.191 e. The van der Waals surface area contributed by atoms with Gasteiger partial charge in [0.25, 0.3) is 0 Å². The maximum atomic E-state index is 5.71. The van der Waals surface area contributed by atoms with E-state index in [0.29, 0.717) is 24.0 Å². The molecule has 4 unspecified atom stereocenters. The Hall–Kier alpha value is -1.67. The van der Waals surface area contributed by atoms with Gasteiger partial charge in [-0.2, -0.15) is 0 Å². The SMILES string of the molecule is CN=C(NCC(C1CCOC1)N1CCOCC1)NC1CCN(Cc2ccccc2)C(C)C1. The Morgan fingerprint density at radius 2 is 1.91 bits per heavy atom. The highest BCUT2D eigenvalue weighted by Crippen LogP contribution is 2.22. The van der Waals surface area contributed by atoms with Crippen molar-refractivity contribution in [2.24, 2.45) is 10.9 Å². The van der Waals surface area contributed by atoms with E-state index in [4.69, 9.17) is 9.47 Å². The summed E-state index contributed by atoms with van der Waals surface area (Å²) in [6.07, 6.45) is 3.42. The number of guanidine groups is 1. The van der Waals surface area contributed by atoms with Crippen LogP contribution >= 0.6 is 0 Å². The molecule has 7 heteroatoms. The van der Waals surface area contributed by atoms with Crippen molar-refractivity contribution in [1.82, 2.24) is 20.4 Å². The van der Waals surface area contributed by atoms with Crippen LogP contribution in [0.4, 0.5) is 0 Å². The summed E-state index contributed by atoms with van der Waals surface area (Å²) in [6, 6.07) is 12.3. The lowest BCUT2D eigenvalue weighted by Crippen LogP contribution is -2.55. The highest BCUT2D eigenvalue weighted by Gasteiger charge is 2.32. The van der Waals surface area contributed by atoms with Crippen LogP contribution in [0, 0.1) is 5.92 Å². The molecule has 0 aliphatic carbocycles. The summed E-state index contributed by atoms with van der Waals surface area (Å²) in [7, 11) is 1.88. The zero-order chi connectivity index (χ0) is 22.2. The third-order valence-corrected chi connectivity index (χ3v) is 7.31. The van der Waals surface area contributed by atoms with Crippen molar-refractivity contribution in [3.8, 4) is 0 Å². The molecule has 7 nitrogen and oxygen atoms in total. The quantitative estimate of drug-likeness (QED) is 0.496. The number of rotatable bonds is 7. The van der Waals surface area contributed by atoms with Gasteiger partial charge in [-0.15, -0.1) is 0 Å². The first-order valence-corrected chi connectivity index (χ1v) is 12.4. The van der Waals surface area contributed by atoms with Crippen LogP contribution in [-0.4, -0.2) is 93.5 Å². The van der Waals surface area contributed by atoms with Gasteiger partial charge in [-0.3, -0.25) is 14.8 Å². The van der Waals surface area contributed by atoms with E-state index in [9.17, 15) is 0 Å². The first-order valence-electron chi connectivity index (χ1n) is 12.4. The fourth-order valence-corrected chi connectivity index (χ4v) is 5.35. The van der Waals surface area contributed by atoms with Gasteiger partial charge in [0.1, 0.15) is 0 Å². The van der Waals surface area contributed by atoms with Crippen molar-refractivity contribution in [3.63, 3.8) is 0 Å². The van der Waals surface area contributed by atoms with E-state index in [2.05, 4.69) is 62.7 Å². The van der Waals surface area contributed by atoms with Crippen LogP contribution in [-0.2, 0) is 16.0 Å². The van der Waals surface area contributed by atoms with Crippen molar-refractivity contribution in [2.75, 3.05) is 59.7 Å². The number of nitrogens with one attached hydrogen (secondary N) is 2. The predicted molar refractivity (Wildman–Crippen MR) is 129 cm³/mol. The monoisotopic (exact) mass is 443 g/mol. The number of piperidine rings is 1. The number of hydrogen-bond donors (Lipinski definition) is 2. The van der Waals surface area contributed by atoms with Crippen molar-refractivity contribution in [2.45, 2.75) is 50.9 Å². The van der Waals surface area contributed by atoms with Gasteiger partial charge < -0.3 is 20.1 Å². The van der Waals surface area contributed by atoms with Crippen LogP contribution in [0.25, 0.3) is 0 Å². The summed E-state index contributed by atoms with van der Waals surface area (Å²) in [5.41, 5.74) is 1.40. The molecule has 3 fully saturated rings. The van der Waals surface area contributed by atoms with Gasteiger partial charge in [0.15, 0.2) is 5.96 Å². The minimum atomic E-state index is 0.458. The van der Waals surface area contributed by atoms with Crippen molar-refractivity contribution < 1.29 is 9.47 Å². The molecule has 3 aliphatic heterocycles. The predicted octanol–water partition coefficient (Wildman–Crippen LogP) is 1.94. The molecule has 0 amide bonds. The standard InChI is InChI=1S/C25H41N5O2/c1-20-16-23(8-10-30(20)18-21-6-4-3-5-7-21)28-25(26-2)27-17-24(22-9-13-32-19-22)29-11-14-31-15-12-29/h3-7,20,22-24H,8-19H2,1-2H3,(H2,26,27,28). The molecular formula is C25H41N5O2. The van der Waals surface area contributed by atoms with Crippen LogP contribution in [0.15, 0.2) is 35.3 Å². The molecule has 1 aromatic carbocycles. The van der Waals surface area contributed by atoms with Crippen LogP contribution < -0.4 is 10.6 Å². The fraction of sp³-hybridized carbons (Fsp3) is 0.720. The Kier molecular flexibility index (Phi) is 8.79. The highest BCUT2D eigenvalue weighted by atomic mass is 16.5. The van der Waals surface area contributed by atoms with Crippen molar-refractivity contribution in [1.29, 1.82) is 0 Å². The topological polar surface area (TPSA) is 61.4 Å². The normalized spacial score (nSPS) is 29.1. The fourth-order valence-electron chi connectivity index (χ4n) is 5.35. The number of ether oxygens (including phenoxy) is 2. The zero-order valence-electron chi connectivity index (χ0n) is 19.8. The molecular weight excluding hydrogens is 402 g/mol. The van der Waals surface area contributed by atoms with Crippen LogP contribution in [0.1, 0.15) is 31.7 Å². The van der Waals surface area contributed by atoms with E-state index in [1.165, 1.54) is 5.56 Å². The Bertz CT molecular complexity index is 704. The summed E-state index contributed by atoms with van der Waals surface area (Å²) >= 11 is 0. The van der Waals surface area contributed by atoms with Gasteiger partial charge in [-0.05, 0) is 31.7 Å². The minimum absolute atomic E-state index is 0.458. The molecule has 0 saturated carbocycles. The molecule has 1 aromatic rings. The maximum absolute atomic E-state index is 5.71. The lowest BCUT2D eigenvalue weighted by atomic mass is 9.96. The van der Waals surface area contributed by atoms with Gasteiger partial charge in [0.2, 0.25) is 0 Å². The van der Waals surface area contributed by atoms with Gasteiger partial charge >= 0.3 is 0 Å². The molecule has 0 spiro atoms. The largest absolute Gasteiger partial charge is 0.381 e. The van der Waals surface area contributed by atoms with E-state index >= 15 is 0 Å². The third kappa shape index (κ3) is 6.44. The van der Waals surface area contributed by atoms with Crippen LogP contribution in [0.2, 0.25) is 0 Å². The first-order chi connectivity index (χ1) is 15.7. The van der Waals surface area contributed by atoms with Gasteiger partial charge in [0.05, 0.1) is 19.8 Å². The van der Waals surface area contributed by atoms with E-state index in [0.717, 1.165) is 84.4 Å².